The van der Waals surface area contributed by atoms with Crippen molar-refractivity contribution in [2.24, 2.45) is 0 Å². The van der Waals surface area contributed by atoms with Gasteiger partial charge in [-0.2, -0.15) is 0 Å². The van der Waals surface area contributed by atoms with E-state index < -0.39 is 0 Å². The van der Waals surface area contributed by atoms with Gasteiger partial charge in [-0.15, -0.1) is 10.2 Å². The van der Waals surface area contributed by atoms with E-state index in [1.54, 1.807) is 6.33 Å². The van der Waals surface area contributed by atoms with Gasteiger partial charge in [-0.1, -0.05) is 0 Å². The van der Waals surface area contributed by atoms with Crippen LogP contribution in [0.2, 0.25) is 0 Å². The molecular formula is C9H16N4O. The standard InChI is InChI=1S/C9H16N4O/c1-9(2,6-14)13-4-3-12-7-10-11-8(12)5-13/h7,14H,3-6H2,1-2H3. The van der Waals surface area contributed by atoms with Crippen molar-refractivity contribution in [3.8, 4) is 0 Å². The monoisotopic (exact) mass is 196 g/mol. The van der Waals surface area contributed by atoms with Crippen molar-refractivity contribution in [2.45, 2.75) is 32.5 Å². The third kappa shape index (κ3) is 1.53. The molecule has 1 N–H and O–H groups in total. The van der Waals surface area contributed by atoms with Crippen molar-refractivity contribution >= 4 is 0 Å². The molecule has 0 unspecified atom stereocenters. The van der Waals surface area contributed by atoms with E-state index in [9.17, 15) is 5.11 Å². The minimum atomic E-state index is -0.169. The molecule has 14 heavy (non-hydrogen) atoms. The molecule has 0 aliphatic carbocycles. The molecule has 5 nitrogen and oxygen atoms in total. The summed E-state index contributed by atoms with van der Waals surface area (Å²) in [6.07, 6.45) is 1.76. The second kappa shape index (κ2) is 3.33. The molecule has 0 radical (unpaired) electrons. The first-order valence-corrected chi connectivity index (χ1v) is 4.86. The maximum atomic E-state index is 9.26. The number of fused-ring (bicyclic) bond motifs is 1. The zero-order chi connectivity index (χ0) is 10.2. The summed E-state index contributed by atoms with van der Waals surface area (Å²) in [5.74, 6) is 0.984. The van der Waals surface area contributed by atoms with Gasteiger partial charge in [0.2, 0.25) is 0 Å². The summed E-state index contributed by atoms with van der Waals surface area (Å²) < 4.78 is 2.06. The molecule has 0 amide bonds. The van der Waals surface area contributed by atoms with E-state index >= 15 is 0 Å². The van der Waals surface area contributed by atoms with Crippen LogP contribution in [0, 0.1) is 0 Å². The molecule has 78 valence electrons. The normalized spacial score (nSPS) is 18.2. The first-order valence-electron chi connectivity index (χ1n) is 4.86. The highest BCUT2D eigenvalue weighted by molar-refractivity contribution is 4.94. The SMILES string of the molecule is CC(C)(CO)N1CCn2cnnc2C1. The van der Waals surface area contributed by atoms with Crippen LogP contribution in [-0.2, 0) is 13.1 Å². The number of aliphatic hydroxyl groups excluding tert-OH is 1. The summed E-state index contributed by atoms with van der Waals surface area (Å²) in [5.41, 5.74) is -0.169. The predicted octanol–water partition coefficient (Wildman–Crippen LogP) is -0.135. The summed E-state index contributed by atoms with van der Waals surface area (Å²) >= 11 is 0. The summed E-state index contributed by atoms with van der Waals surface area (Å²) in [6.45, 7) is 6.87. The topological polar surface area (TPSA) is 54.2 Å². The van der Waals surface area contributed by atoms with Crippen LogP contribution in [0.15, 0.2) is 6.33 Å². The van der Waals surface area contributed by atoms with E-state index in [-0.39, 0.29) is 12.1 Å². The molecule has 0 bridgehead atoms. The lowest BCUT2D eigenvalue weighted by molar-refractivity contribution is 0.0350. The van der Waals surface area contributed by atoms with Gasteiger partial charge in [0, 0.05) is 18.6 Å². The molecule has 2 heterocycles. The molecule has 5 heteroatoms. The van der Waals surface area contributed by atoms with Gasteiger partial charge >= 0.3 is 0 Å². The molecule has 0 saturated carbocycles. The Balaban J connectivity index is 2.15. The molecule has 0 atom stereocenters. The highest BCUT2D eigenvalue weighted by Crippen LogP contribution is 2.19. The fourth-order valence-corrected chi connectivity index (χ4v) is 1.68. The highest BCUT2D eigenvalue weighted by atomic mass is 16.3. The number of aromatic nitrogens is 3. The van der Waals surface area contributed by atoms with Gasteiger partial charge in [0.1, 0.15) is 12.2 Å². The van der Waals surface area contributed by atoms with Gasteiger partial charge in [-0.25, -0.2) is 0 Å². The molecule has 2 rings (SSSR count). The lowest BCUT2D eigenvalue weighted by Gasteiger charge is -2.39. The molecular weight excluding hydrogens is 180 g/mol. The number of rotatable bonds is 2. The third-order valence-corrected chi connectivity index (χ3v) is 2.88. The molecule has 0 saturated heterocycles. The van der Waals surface area contributed by atoms with E-state index in [2.05, 4.69) is 19.7 Å². The van der Waals surface area contributed by atoms with Crippen LogP contribution >= 0.6 is 0 Å². The van der Waals surface area contributed by atoms with Gasteiger partial charge in [-0.3, -0.25) is 4.90 Å². The zero-order valence-corrected chi connectivity index (χ0v) is 8.64. The first kappa shape index (κ1) is 9.61. The van der Waals surface area contributed by atoms with Crippen molar-refractivity contribution < 1.29 is 5.11 Å². The van der Waals surface area contributed by atoms with Gasteiger partial charge < -0.3 is 9.67 Å². The van der Waals surface area contributed by atoms with E-state index in [0.29, 0.717) is 0 Å². The van der Waals surface area contributed by atoms with E-state index in [4.69, 9.17) is 0 Å². The quantitative estimate of drug-likeness (QED) is 0.715. The highest BCUT2D eigenvalue weighted by Gasteiger charge is 2.29. The minimum absolute atomic E-state index is 0.168. The van der Waals surface area contributed by atoms with Gasteiger partial charge in [0.05, 0.1) is 13.2 Å². The molecule has 1 aliphatic rings. The Morgan fingerprint density at radius 3 is 3.00 bits per heavy atom. The van der Waals surface area contributed by atoms with Crippen molar-refractivity contribution in [2.75, 3.05) is 13.2 Å². The smallest absolute Gasteiger partial charge is 0.147 e. The van der Waals surface area contributed by atoms with Crippen molar-refractivity contribution in [1.82, 2.24) is 19.7 Å². The zero-order valence-electron chi connectivity index (χ0n) is 8.64. The van der Waals surface area contributed by atoms with Crippen LogP contribution in [0.5, 0.6) is 0 Å². The van der Waals surface area contributed by atoms with Crippen molar-refractivity contribution in [3.63, 3.8) is 0 Å². The first-order chi connectivity index (χ1) is 6.63. The number of aliphatic hydroxyl groups is 1. The fraction of sp³-hybridized carbons (Fsp3) is 0.778. The maximum Gasteiger partial charge on any atom is 0.147 e. The molecule has 1 aromatic rings. The molecule has 0 spiro atoms. The molecule has 0 fully saturated rings. The minimum Gasteiger partial charge on any atom is -0.394 e. The number of hydrogen-bond acceptors (Lipinski definition) is 4. The Labute approximate surface area is 83.4 Å². The van der Waals surface area contributed by atoms with Gasteiger partial charge in [-0.05, 0) is 13.8 Å². The lowest BCUT2D eigenvalue weighted by atomic mass is 10.0. The third-order valence-electron chi connectivity index (χ3n) is 2.88. The Bertz CT molecular complexity index is 320. The van der Waals surface area contributed by atoms with Crippen LogP contribution in [0.25, 0.3) is 0 Å². The predicted molar refractivity (Wildman–Crippen MR) is 51.6 cm³/mol. The van der Waals surface area contributed by atoms with Crippen molar-refractivity contribution in [3.05, 3.63) is 12.2 Å². The van der Waals surface area contributed by atoms with Crippen LogP contribution in [0.4, 0.5) is 0 Å². The number of hydrogen-bond donors (Lipinski definition) is 1. The number of nitrogens with zero attached hydrogens (tertiary/aromatic N) is 4. The van der Waals surface area contributed by atoms with Crippen LogP contribution in [-0.4, -0.2) is 43.5 Å². The van der Waals surface area contributed by atoms with Crippen LogP contribution in [0.1, 0.15) is 19.7 Å². The summed E-state index contributed by atoms with van der Waals surface area (Å²) in [4.78, 5) is 2.23. The van der Waals surface area contributed by atoms with Crippen LogP contribution in [0.3, 0.4) is 0 Å². The molecule has 0 aromatic carbocycles. The largest absolute Gasteiger partial charge is 0.394 e. The van der Waals surface area contributed by atoms with Crippen LogP contribution < -0.4 is 0 Å². The van der Waals surface area contributed by atoms with Crippen molar-refractivity contribution in [1.29, 1.82) is 0 Å². The second-order valence-electron chi connectivity index (χ2n) is 4.33. The maximum absolute atomic E-state index is 9.26. The second-order valence-corrected chi connectivity index (χ2v) is 4.33. The fourth-order valence-electron chi connectivity index (χ4n) is 1.68. The van der Waals surface area contributed by atoms with E-state index in [0.717, 1.165) is 25.5 Å². The van der Waals surface area contributed by atoms with E-state index in [1.165, 1.54) is 0 Å². The summed E-state index contributed by atoms with van der Waals surface area (Å²) in [6, 6.07) is 0. The Morgan fingerprint density at radius 1 is 1.50 bits per heavy atom. The lowest BCUT2D eigenvalue weighted by Crippen LogP contribution is -2.50. The van der Waals surface area contributed by atoms with E-state index in [1.807, 2.05) is 13.8 Å². The van der Waals surface area contributed by atoms with Gasteiger partial charge in [0.15, 0.2) is 0 Å². The molecule has 1 aliphatic heterocycles. The summed E-state index contributed by atoms with van der Waals surface area (Å²) in [5, 5.41) is 17.2. The average molecular weight is 196 g/mol. The molecule has 1 aromatic heterocycles. The Morgan fingerprint density at radius 2 is 2.29 bits per heavy atom. The van der Waals surface area contributed by atoms with Gasteiger partial charge in [0.25, 0.3) is 0 Å². The Kier molecular flexibility index (Phi) is 2.28. The summed E-state index contributed by atoms with van der Waals surface area (Å²) in [7, 11) is 0. The Hall–Kier alpha value is -0.940. The average Bonchev–Trinajstić information content (AvgIpc) is 2.64.